The van der Waals surface area contributed by atoms with Gasteiger partial charge in [0.2, 0.25) is 11.7 Å². The minimum absolute atomic E-state index is 0.549. The Morgan fingerprint density at radius 1 is 0.929 bits per heavy atom. The minimum atomic E-state index is 0.549. The normalized spacial score (nSPS) is 11.1. The molecule has 4 aromatic rings. The van der Waals surface area contributed by atoms with Gasteiger partial charge < -0.3 is 19.0 Å². The number of benzene rings is 2. The smallest absolute Gasteiger partial charge is 0.226 e. The Morgan fingerprint density at radius 2 is 1.75 bits per heavy atom. The lowest BCUT2D eigenvalue weighted by atomic mass is 10.2. The third-order valence-corrected chi connectivity index (χ3v) is 4.60. The van der Waals surface area contributed by atoms with Crippen molar-refractivity contribution in [3.63, 3.8) is 0 Å². The molecule has 0 aliphatic rings. The van der Waals surface area contributed by atoms with Gasteiger partial charge in [0.25, 0.3) is 0 Å². The highest BCUT2D eigenvalue weighted by Crippen LogP contribution is 2.31. The molecule has 0 bridgehead atoms. The van der Waals surface area contributed by atoms with Gasteiger partial charge in [-0.1, -0.05) is 17.3 Å². The molecule has 0 fully saturated rings. The van der Waals surface area contributed by atoms with Crippen LogP contribution in [-0.2, 0) is 12.8 Å². The van der Waals surface area contributed by atoms with Crippen LogP contribution >= 0.6 is 0 Å². The van der Waals surface area contributed by atoms with E-state index in [-0.39, 0.29) is 0 Å². The minimum Gasteiger partial charge on any atom is -0.493 e. The molecule has 2 aromatic heterocycles. The Kier molecular flexibility index (Phi) is 5.23. The number of nitrogens with one attached hydrogen (secondary N) is 1. The van der Waals surface area contributed by atoms with Gasteiger partial charge in [0.1, 0.15) is 5.82 Å². The maximum absolute atomic E-state index is 5.39. The first kappa shape index (κ1) is 18.0. The van der Waals surface area contributed by atoms with Gasteiger partial charge in [0.15, 0.2) is 11.5 Å². The molecule has 0 aliphatic carbocycles. The molecule has 0 aliphatic heterocycles. The maximum Gasteiger partial charge on any atom is 0.226 e. The second-order valence-electron chi connectivity index (χ2n) is 6.49. The fraction of sp³-hybridized carbons (Fsp3) is 0.286. The van der Waals surface area contributed by atoms with Crippen LogP contribution in [-0.4, -0.2) is 34.3 Å². The predicted molar refractivity (Wildman–Crippen MR) is 106 cm³/mol. The van der Waals surface area contributed by atoms with E-state index in [1.54, 1.807) is 14.2 Å². The topological polar surface area (TPSA) is 86.1 Å². The second kappa shape index (κ2) is 8.12. The first-order valence-corrected chi connectivity index (χ1v) is 9.25. The molecule has 0 atom stereocenters. The van der Waals surface area contributed by atoms with E-state index in [0.717, 1.165) is 48.1 Å². The summed E-state index contributed by atoms with van der Waals surface area (Å²) < 4.78 is 16.0. The van der Waals surface area contributed by atoms with Gasteiger partial charge >= 0.3 is 0 Å². The summed E-state index contributed by atoms with van der Waals surface area (Å²) in [6.07, 6.45) is 3.57. The molecule has 1 N–H and O–H groups in total. The highest BCUT2D eigenvalue weighted by atomic mass is 16.5. The van der Waals surface area contributed by atoms with Gasteiger partial charge in [-0.15, -0.1) is 0 Å². The lowest BCUT2D eigenvalue weighted by Crippen LogP contribution is -1.92. The van der Waals surface area contributed by atoms with Crippen LogP contribution in [0.3, 0.4) is 0 Å². The zero-order valence-corrected chi connectivity index (χ0v) is 15.9. The average Bonchev–Trinajstić information content (AvgIpc) is 3.37. The molecule has 0 amide bonds. The van der Waals surface area contributed by atoms with Gasteiger partial charge in [-0.25, -0.2) is 4.98 Å². The standard InChI is InChI=1S/C21H22N4O3/c1-26-17-12-11-14(13-18(17)27-2)21-24-20(28-25-21)10-6-5-9-19-22-15-7-3-4-8-16(15)23-19/h3-4,7-8,11-13H,5-6,9-10H2,1-2H3,(H,22,23). The number of fused-ring (bicyclic) bond motifs is 1. The van der Waals surface area contributed by atoms with Crippen LogP contribution in [0.4, 0.5) is 0 Å². The number of methoxy groups -OCH3 is 2. The van der Waals surface area contributed by atoms with Crippen LogP contribution in [0, 0.1) is 0 Å². The largest absolute Gasteiger partial charge is 0.493 e. The number of ether oxygens (including phenoxy) is 2. The van der Waals surface area contributed by atoms with E-state index in [0.29, 0.717) is 23.2 Å². The zero-order valence-electron chi connectivity index (χ0n) is 15.9. The molecule has 4 rings (SSSR count). The summed E-state index contributed by atoms with van der Waals surface area (Å²) in [6.45, 7) is 0. The van der Waals surface area contributed by atoms with Gasteiger partial charge in [-0.3, -0.25) is 0 Å². The predicted octanol–water partition coefficient (Wildman–Crippen LogP) is 4.20. The van der Waals surface area contributed by atoms with Crippen LogP contribution < -0.4 is 9.47 Å². The van der Waals surface area contributed by atoms with E-state index in [1.807, 2.05) is 42.5 Å². The Balaban J connectivity index is 1.33. The molecular weight excluding hydrogens is 356 g/mol. The molecule has 0 radical (unpaired) electrons. The summed E-state index contributed by atoms with van der Waals surface area (Å²) in [4.78, 5) is 12.5. The highest BCUT2D eigenvalue weighted by Gasteiger charge is 2.12. The maximum atomic E-state index is 5.39. The number of aromatic nitrogens is 4. The SMILES string of the molecule is COc1ccc(-c2noc(CCCCc3nc4ccccc4[nH]3)n2)cc1OC. The van der Waals surface area contributed by atoms with Crippen molar-refractivity contribution in [2.45, 2.75) is 25.7 Å². The number of hydrogen-bond donors (Lipinski definition) is 1. The van der Waals surface area contributed by atoms with E-state index < -0.39 is 0 Å². The van der Waals surface area contributed by atoms with Gasteiger partial charge in [-0.05, 0) is 43.2 Å². The number of aromatic amines is 1. The number of nitrogens with zero attached hydrogens (tertiary/aromatic N) is 3. The summed E-state index contributed by atoms with van der Waals surface area (Å²) >= 11 is 0. The highest BCUT2D eigenvalue weighted by molar-refractivity contribution is 5.74. The van der Waals surface area contributed by atoms with Crippen molar-refractivity contribution in [1.82, 2.24) is 20.1 Å². The van der Waals surface area contributed by atoms with Crippen molar-refractivity contribution >= 4 is 11.0 Å². The summed E-state index contributed by atoms with van der Waals surface area (Å²) in [5.74, 6) is 3.50. The van der Waals surface area contributed by atoms with Gasteiger partial charge in [0, 0.05) is 18.4 Å². The van der Waals surface area contributed by atoms with Crippen molar-refractivity contribution in [2.75, 3.05) is 14.2 Å². The molecule has 7 nitrogen and oxygen atoms in total. The monoisotopic (exact) mass is 378 g/mol. The van der Waals surface area contributed by atoms with E-state index in [9.17, 15) is 0 Å². The third-order valence-electron chi connectivity index (χ3n) is 4.60. The van der Waals surface area contributed by atoms with E-state index in [4.69, 9.17) is 14.0 Å². The summed E-state index contributed by atoms with van der Waals surface area (Å²) in [5.41, 5.74) is 2.91. The molecule has 7 heteroatoms. The number of aryl methyl sites for hydroxylation is 2. The molecule has 2 heterocycles. The van der Waals surface area contributed by atoms with E-state index in [1.165, 1.54) is 0 Å². The van der Waals surface area contributed by atoms with Crippen molar-refractivity contribution in [3.8, 4) is 22.9 Å². The van der Waals surface area contributed by atoms with Crippen LogP contribution in [0.1, 0.15) is 24.6 Å². The van der Waals surface area contributed by atoms with Crippen LogP contribution in [0.5, 0.6) is 11.5 Å². The Labute approximate surface area is 162 Å². The number of para-hydroxylation sites is 2. The van der Waals surface area contributed by atoms with Crippen molar-refractivity contribution in [2.24, 2.45) is 0 Å². The average molecular weight is 378 g/mol. The second-order valence-corrected chi connectivity index (χ2v) is 6.49. The quantitative estimate of drug-likeness (QED) is 0.463. The Morgan fingerprint density at radius 3 is 2.57 bits per heavy atom. The fourth-order valence-electron chi connectivity index (χ4n) is 3.14. The molecule has 0 unspecified atom stereocenters. The van der Waals surface area contributed by atoms with Gasteiger partial charge in [0.05, 0.1) is 25.3 Å². The van der Waals surface area contributed by atoms with Crippen LogP contribution in [0.25, 0.3) is 22.4 Å². The lowest BCUT2D eigenvalue weighted by molar-refractivity contribution is 0.355. The van der Waals surface area contributed by atoms with Crippen molar-refractivity contribution in [3.05, 3.63) is 54.2 Å². The van der Waals surface area contributed by atoms with E-state index >= 15 is 0 Å². The Bertz CT molecular complexity index is 1040. The lowest BCUT2D eigenvalue weighted by Gasteiger charge is -2.07. The number of imidazole rings is 1. The first-order valence-electron chi connectivity index (χ1n) is 9.25. The zero-order chi connectivity index (χ0) is 19.3. The summed E-state index contributed by atoms with van der Waals surface area (Å²) in [5, 5.41) is 4.08. The molecule has 144 valence electrons. The number of unbranched alkanes of at least 4 members (excludes halogenated alkanes) is 1. The first-order chi connectivity index (χ1) is 13.8. The molecule has 0 spiro atoms. The molecule has 28 heavy (non-hydrogen) atoms. The molecular formula is C21H22N4O3. The summed E-state index contributed by atoms with van der Waals surface area (Å²) in [7, 11) is 3.21. The molecule has 0 saturated carbocycles. The fourth-order valence-corrected chi connectivity index (χ4v) is 3.14. The number of hydrogen-bond acceptors (Lipinski definition) is 6. The van der Waals surface area contributed by atoms with Crippen LogP contribution in [0.2, 0.25) is 0 Å². The summed E-state index contributed by atoms with van der Waals surface area (Å²) in [6, 6.07) is 13.6. The molecule has 0 saturated heterocycles. The molecule has 2 aromatic carbocycles. The van der Waals surface area contributed by atoms with Crippen molar-refractivity contribution < 1.29 is 14.0 Å². The van der Waals surface area contributed by atoms with Crippen molar-refractivity contribution in [1.29, 1.82) is 0 Å². The number of rotatable bonds is 8. The number of H-pyrrole nitrogens is 1. The van der Waals surface area contributed by atoms with E-state index in [2.05, 4.69) is 20.1 Å². The third kappa shape index (κ3) is 3.83. The Hall–Kier alpha value is -3.35. The van der Waals surface area contributed by atoms with Crippen LogP contribution in [0.15, 0.2) is 47.0 Å². The van der Waals surface area contributed by atoms with Gasteiger partial charge in [-0.2, -0.15) is 4.98 Å².